The molecule has 1 aliphatic heterocycles. The average molecular weight is 454 g/mol. The number of nitrogens with zero attached hydrogens (tertiary/aromatic N) is 2. The van der Waals surface area contributed by atoms with Crippen LogP contribution in [0.5, 0.6) is 0 Å². The third kappa shape index (κ3) is 9.51. The second kappa shape index (κ2) is 13.9. The van der Waals surface area contributed by atoms with Crippen molar-refractivity contribution in [2.24, 2.45) is 0 Å². The molecule has 0 radical (unpaired) electrons. The van der Waals surface area contributed by atoms with Gasteiger partial charge < -0.3 is 0 Å². The van der Waals surface area contributed by atoms with Gasteiger partial charge in [-0.05, 0) is 0 Å². The van der Waals surface area contributed by atoms with Crippen molar-refractivity contribution < 1.29 is 0 Å². The van der Waals surface area contributed by atoms with Crippen molar-refractivity contribution in [3.63, 3.8) is 0 Å². The molecule has 0 aromatic heterocycles. The van der Waals surface area contributed by atoms with E-state index in [-0.39, 0.29) is 0 Å². The summed E-state index contributed by atoms with van der Waals surface area (Å²) in [6, 6.07) is 2.38. The van der Waals surface area contributed by atoms with Crippen LogP contribution >= 0.6 is 0 Å². The molecule has 0 amide bonds. The van der Waals surface area contributed by atoms with E-state index in [1.54, 1.807) is 12.5 Å². The maximum absolute atomic E-state index is 2.81. The van der Waals surface area contributed by atoms with Gasteiger partial charge in [0.05, 0.1) is 0 Å². The van der Waals surface area contributed by atoms with E-state index in [0.717, 1.165) is 18.1 Å². The fraction of sp³-hybridized carbons (Fsp3) is 1.00. The van der Waals surface area contributed by atoms with Crippen LogP contribution in [0.4, 0.5) is 0 Å². The van der Waals surface area contributed by atoms with Crippen molar-refractivity contribution in [1.82, 2.24) is 9.80 Å². The fourth-order valence-corrected chi connectivity index (χ4v) is 15.5. The van der Waals surface area contributed by atoms with Gasteiger partial charge in [0.25, 0.3) is 0 Å². The van der Waals surface area contributed by atoms with E-state index < -0.39 is 21.4 Å². The molecule has 3 heteroatoms. The molecular formula is C22H47InN2. The Morgan fingerprint density at radius 3 is 1.92 bits per heavy atom. The van der Waals surface area contributed by atoms with E-state index in [0.29, 0.717) is 0 Å². The molecular weight excluding hydrogens is 407 g/mol. The zero-order valence-corrected chi connectivity index (χ0v) is 21.7. The molecule has 0 saturated carbocycles. The molecule has 2 nitrogen and oxygen atoms in total. The normalized spacial score (nSPS) is 18.5. The summed E-state index contributed by atoms with van der Waals surface area (Å²) in [6.07, 6.45) is 9.96. The van der Waals surface area contributed by atoms with Crippen LogP contribution < -0.4 is 0 Å². The van der Waals surface area contributed by atoms with Crippen molar-refractivity contribution in [2.75, 3.05) is 19.6 Å². The molecule has 0 N–H and O–H groups in total. The summed E-state index contributed by atoms with van der Waals surface area (Å²) in [7, 11) is 0. The predicted molar refractivity (Wildman–Crippen MR) is 116 cm³/mol. The first-order chi connectivity index (χ1) is 12.0. The number of hydrogen-bond donors (Lipinski definition) is 0. The molecule has 0 aromatic carbocycles. The Bertz CT molecular complexity index is 303. The van der Waals surface area contributed by atoms with Gasteiger partial charge >= 0.3 is 168 Å². The van der Waals surface area contributed by atoms with E-state index in [1.165, 1.54) is 64.6 Å². The first kappa shape index (κ1) is 23.8. The molecule has 148 valence electrons. The minimum atomic E-state index is -1.18. The summed E-state index contributed by atoms with van der Waals surface area (Å²) in [6.45, 7) is 18.3. The summed E-state index contributed by atoms with van der Waals surface area (Å²) < 4.78 is 5.02. The molecule has 1 saturated heterocycles. The van der Waals surface area contributed by atoms with E-state index in [4.69, 9.17) is 0 Å². The van der Waals surface area contributed by atoms with Crippen molar-refractivity contribution in [3.8, 4) is 0 Å². The summed E-state index contributed by atoms with van der Waals surface area (Å²) in [5, 5.41) is 0. The van der Waals surface area contributed by atoms with E-state index in [1.807, 2.05) is 0 Å². The molecule has 25 heavy (non-hydrogen) atoms. The van der Waals surface area contributed by atoms with Gasteiger partial charge in [0.2, 0.25) is 0 Å². The second-order valence-electron chi connectivity index (χ2n) is 9.01. The molecule has 1 fully saturated rings. The Balaban J connectivity index is 2.25. The van der Waals surface area contributed by atoms with Crippen molar-refractivity contribution >= 4 is 21.4 Å². The van der Waals surface area contributed by atoms with Crippen LogP contribution in [-0.2, 0) is 0 Å². The molecule has 1 aliphatic rings. The van der Waals surface area contributed by atoms with Crippen LogP contribution in [0.15, 0.2) is 0 Å². The topological polar surface area (TPSA) is 6.48 Å². The Labute approximate surface area is 167 Å². The van der Waals surface area contributed by atoms with Gasteiger partial charge in [-0.15, -0.1) is 0 Å². The number of rotatable bonds is 14. The van der Waals surface area contributed by atoms with Gasteiger partial charge in [-0.25, -0.2) is 0 Å². The van der Waals surface area contributed by atoms with Crippen molar-refractivity contribution in [2.45, 2.75) is 117 Å². The Morgan fingerprint density at radius 2 is 1.40 bits per heavy atom. The predicted octanol–water partition coefficient (Wildman–Crippen LogP) is 6.05. The monoisotopic (exact) mass is 454 g/mol. The molecule has 1 atom stereocenters. The first-order valence-corrected chi connectivity index (χ1v) is 18.5. The van der Waals surface area contributed by atoms with Gasteiger partial charge in [0, 0.05) is 0 Å². The summed E-state index contributed by atoms with van der Waals surface area (Å²) >= 11 is -1.18. The van der Waals surface area contributed by atoms with E-state index >= 15 is 0 Å². The van der Waals surface area contributed by atoms with Crippen LogP contribution in [-0.4, -0.2) is 69.0 Å². The molecule has 0 aromatic rings. The molecule has 1 rings (SSSR count). The standard InChI is InChI=1S/C12H26N.C10H21N.In/c1-4-7-10-13(11-8-5-2)12-9-6-3;1-7-10(6)11(8(2)3)9(4)5;/h1,4-12H2,2-3H3;8-10H,1,6-7H2,2-5H3;. The SMILES string of the molecule is CCCCN(CCCC)CCC[CH2][In]1[CH2]CC(N(C(C)C)C(C)C)[CH2]1. The van der Waals surface area contributed by atoms with Crippen LogP contribution in [0.3, 0.4) is 0 Å². The Hall–Kier alpha value is 0.790. The zero-order chi connectivity index (χ0) is 18.7. The van der Waals surface area contributed by atoms with E-state index in [9.17, 15) is 0 Å². The van der Waals surface area contributed by atoms with Gasteiger partial charge in [0.15, 0.2) is 0 Å². The van der Waals surface area contributed by atoms with Gasteiger partial charge in [-0.2, -0.15) is 0 Å². The molecule has 0 bridgehead atoms. The molecule has 0 spiro atoms. The van der Waals surface area contributed by atoms with Gasteiger partial charge in [-0.1, -0.05) is 0 Å². The third-order valence-electron chi connectivity index (χ3n) is 6.12. The van der Waals surface area contributed by atoms with Crippen LogP contribution in [0, 0.1) is 0 Å². The fourth-order valence-electron chi connectivity index (χ4n) is 4.89. The quantitative estimate of drug-likeness (QED) is 0.295. The average Bonchev–Trinajstić information content (AvgIpc) is 3.00. The van der Waals surface area contributed by atoms with E-state index in [2.05, 4.69) is 51.3 Å². The zero-order valence-electron chi connectivity index (χ0n) is 18.4. The van der Waals surface area contributed by atoms with Gasteiger partial charge in [-0.3, -0.25) is 0 Å². The summed E-state index contributed by atoms with van der Waals surface area (Å²) in [4.78, 5) is 5.56. The Kier molecular flexibility index (Phi) is 13.2. The van der Waals surface area contributed by atoms with Crippen LogP contribution in [0.2, 0.25) is 12.5 Å². The maximum atomic E-state index is 2.81. The Morgan fingerprint density at radius 1 is 0.840 bits per heavy atom. The third-order valence-corrected chi connectivity index (χ3v) is 16.4. The van der Waals surface area contributed by atoms with Crippen LogP contribution in [0.25, 0.3) is 0 Å². The molecule has 1 unspecified atom stereocenters. The van der Waals surface area contributed by atoms with Crippen molar-refractivity contribution in [1.29, 1.82) is 0 Å². The van der Waals surface area contributed by atoms with Gasteiger partial charge in [0.1, 0.15) is 0 Å². The summed E-state index contributed by atoms with van der Waals surface area (Å²) in [5.74, 6) is 0. The number of hydrogen-bond acceptors (Lipinski definition) is 2. The second-order valence-corrected chi connectivity index (χ2v) is 18.6. The molecule has 1 heterocycles. The van der Waals surface area contributed by atoms with Crippen molar-refractivity contribution in [3.05, 3.63) is 0 Å². The number of unbranched alkanes of at least 4 members (excludes halogenated alkanes) is 3. The summed E-state index contributed by atoms with van der Waals surface area (Å²) in [5.41, 5.74) is 0. The minimum absolute atomic E-state index is 0.723. The van der Waals surface area contributed by atoms with Crippen LogP contribution in [0.1, 0.15) is 86.5 Å². The molecule has 0 aliphatic carbocycles. The first-order valence-electron chi connectivity index (χ1n) is 11.5.